The van der Waals surface area contributed by atoms with Gasteiger partial charge in [0.05, 0.1) is 22.6 Å². The van der Waals surface area contributed by atoms with Crippen molar-refractivity contribution in [2.75, 3.05) is 33.9 Å². The molecule has 0 spiro atoms. The smallest absolute Gasteiger partial charge is 0.370 e. The summed E-state index contributed by atoms with van der Waals surface area (Å²) in [5.41, 5.74) is 0.756. The summed E-state index contributed by atoms with van der Waals surface area (Å²) in [6.45, 7) is 1.59. The minimum atomic E-state index is -4.60. The lowest BCUT2D eigenvalue weighted by molar-refractivity contribution is -0.136. The number of alkyl halides is 3. The fourth-order valence-corrected chi connectivity index (χ4v) is 3.86. The van der Waals surface area contributed by atoms with E-state index in [-0.39, 0.29) is 11.6 Å². The summed E-state index contributed by atoms with van der Waals surface area (Å²) in [7, 11) is 0. The Bertz CT molecular complexity index is 1180. The first-order chi connectivity index (χ1) is 16.3. The molecule has 1 aliphatic heterocycles. The van der Waals surface area contributed by atoms with Gasteiger partial charge in [0.15, 0.2) is 0 Å². The Kier molecular flexibility index (Phi) is 6.72. The molecule has 3 amide bonds. The van der Waals surface area contributed by atoms with Crippen LogP contribution in [0.3, 0.4) is 0 Å². The van der Waals surface area contributed by atoms with E-state index in [1.807, 2.05) is 0 Å². The highest BCUT2D eigenvalue weighted by molar-refractivity contribution is 6.06. The van der Waals surface area contributed by atoms with Crippen molar-refractivity contribution in [3.63, 3.8) is 0 Å². The van der Waals surface area contributed by atoms with Crippen LogP contribution in [0, 0.1) is 0 Å². The molecular weight excluding hydrogens is 445 g/mol. The Labute approximate surface area is 194 Å². The lowest BCUT2D eigenvalue weighted by Gasteiger charge is -2.23. The maximum absolute atomic E-state index is 13.3. The number of urea groups is 1. The topological polar surface area (TPSA) is 73.5 Å². The molecule has 0 atom stereocenters. The Morgan fingerprint density at radius 3 is 2.12 bits per heavy atom. The van der Waals surface area contributed by atoms with Gasteiger partial charge < -0.3 is 20.9 Å². The summed E-state index contributed by atoms with van der Waals surface area (Å²) in [5.74, 6) is -0.316. The van der Waals surface area contributed by atoms with Crippen LogP contribution in [0.2, 0.25) is 0 Å². The Hall–Kier alpha value is -4.01. The Morgan fingerprint density at radius 2 is 1.41 bits per heavy atom. The summed E-state index contributed by atoms with van der Waals surface area (Å²) in [5, 5.41) is 7.74. The van der Waals surface area contributed by atoms with Gasteiger partial charge in [0, 0.05) is 24.3 Å². The molecule has 176 valence electrons. The van der Waals surface area contributed by atoms with Gasteiger partial charge >= 0.3 is 12.2 Å². The highest BCUT2D eigenvalue weighted by Gasteiger charge is 2.33. The highest BCUT2D eigenvalue weighted by atomic mass is 19.4. The molecule has 3 aromatic rings. The van der Waals surface area contributed by atoms with E-state index in [0.29, 0.717) is 16.9 Å². The lowest BCUT2D eigenvalue weighted by atomic mass is 10.1. The van der Waals surface area contributed by atoms with Gasteiger partial charge in [0.2, 0.25) is 0 Å². The second-order valence-electron chi connectivity index (χ2n) is 7.87. The van der Waals surface area contributed by atoms with Crippen LogP contribution in [0.15, 0.2) is 72.8 Å². The van der Waals surface area contributed by atoms with Gasteiger partial charge in [-0.3, -0.25) is 4.79 Å². The third-order valence-electron chi connectivity index (χ3n) is 5.47. The molecule has 1 heterocycles. The Morgan fingerprint density at radius 1 is 0.765 bits per heavy atom. The van der Waals surface area contributed by atoms with Crippen molar-refractivity contribution in [1.29, 1.82) is 0 Å². The average Bonchev–Trinajstić information content (AvgIpc) is 3.34. The number of para-hydroxylation sites is 1. The molecule has 0 saturated carbocycles. The van der Waals surface area contributed by atoms with Crippen molar-refractivity contribution in [3.05, 3.63) is 83.9 Å². The van der Waals surface area contributed by atoms with Crippen LogP contribution in [0.4, 0.5) is 40.7 Å². The van der Waals surface area contributed by atoms with Crippen LogP contribution in [0.25, 0.3) is 0 Å². The standard InChI is InChI=1S/C25H23F3N4O2/c26-25(27,28)19-10-4-5-11-20(19)30-24(34)31-21-16-18(12-13-22(21)32-14-6-7-15-32)29-23(33)17-8-2-1-3-9-17/h1-5,8-13,16H,6-7,14-15H2,(H,29,33)(H2,30,31,34). The first-order valence-corrected chi connectivity index (χ1v) is 10.8. The quantitative estimate of drug-likeness (QED) is 0.417. The van der Waals surface area contributed by atoms with Crippen molar-refractivity contribution < 1.29 is 22.8 Å². The van der Waals surface area contributed by atoms with Crippen molar-refractivity contribution in [3.8, 4) is 0 Å². The summed E-state index contributed by atoms with van der Waals surface area (Å²) in [6.07, 6.45) is -2.61. The van der Waals surface area contributed by atoms with E-state index in [1.54, 1.807) is 48.5 Å². The summed E-state index contributed by atoms with van der Waals surface area (Å²) < 4.78 is 39.9. The van der Waals surface area contributed by atoms with Gasteiger partial charge in [0.1, 0.15) is 0 Å². The van der Waals surface area contributed by atoms with Gasteiger partial charge in [-0.1, -0.05) is 30.3 Å². The van der Waals surface area contributed by atoms with Gasteiger partial charge in [-0.2, -0.15) is 13.2 Å². The zero-order valence-electron chi connectivity index (χ0n) is 18.2. The van der Waals surface area contributed by atoms with Crippen LogP contribution in [-0.2, 0) is 6.18 Å². The molecule has 6 nitrogen and oxygen atoms in total. The number of nitrogens with zero attached hydrogens (tertiary/aromatic N) is 1. The first kappa shape index (κ1) is 23.2. The summed E-state index contributed by atoms with van der Waals surface area (Å²) >= 11 is 0. The molecule has 3 aromatic carbocycles. The fraction of sp³-hybridized carbons (Fsp3) is 0.200. The molecule has 1 fully saturated rings. The van der Waals surface area contributed by atoms with Crippen LogP contribution in [0.1, 0.15) is 28.8 Å². The van der Waals surface area contributed by atoms with Crippen LogP contribution in [-0.4, -0.2) is 25.0 Å². The zero-order valence-corrected chi connectivity index (χ0v) is 18.2. The number of halogens is 3. The molecule has 0 bridgehead atoms. The van der Waals surface area contributed by atoms with Crippen LogP contribution >= 0.6 is 0 Å². The molecule has 0 aliphatic carbocycles. The number of carbonyl (C=O) groups is 2. The predicted molar refractivity (Wildman–Crippen MR) is 126 cm³/mol. The average molecular weight is 468 g/mol. The predicted octanol–water partition coefficient (Wildman–Crippen LogP) is 6.20. The molecule has 3 N–H and O–H groups in total. The number of rotatable bonds is 5. The molecular formula is C25H23F3N4O2. The van der Waals surface area contributed by atoms with Gasteiger partial charge in [-0.15, -0.1) is 0 Å². The number of benzene rings is 3. The molecule has 1 saturated heterocycles. The van der Waals surface area contributed by atoms with Crippen LogP contribution in [0.5, 0.6) is 0 Å². The molecule has 34 heavy (non-hydrogen) atoms. The monoisotopic (exact) mass is 468 g/mol. The largest absolute Gasteiger partial charge is 0.418 e. The molecule has 0 aromatic heterocycles. The van der Waals surface area contributed by atoms with E-state index in [1.165, 1.54) is 18.2 Å². The zero-order chi connectivity index (χ0) is 24.1. The van der Waals surface area contributed by atoms with E-state index in [9.17, 15) is 22.8 Å². The second-order valence-corrected chi connectivity index (χ2v) is 7.87. The molecule has 1 aliphatic rings. The van der Waals surface area contributed by atoms with Crippen molar-refractivity contribution >= 4 is 34.7 Å². The summed E-state index contributed by atoms with van der Waals surface area (Å²) in [6, 6.07) is 17.7. The van der Waals surface area contributed by atoms with E-state index in [2.05, 4.69) is 20.9 Å². The number of amides is 3. The van der Waals surface area contributed by atoms with E-state index < -0.39 is 17.8 Å². The fourth-order valence-electron chi connectivity index (χ4n) is 3.86. The van der Waals surface area contributed by atoms with Crippen LogP contribution < -0.4 is 20.9 Å². The van der Waals surface area contributed by atoms with Gasteiger partial charge in [-0.05, 0) is 55.3 Å². The Balaban J connectivity index is 1.57. The van der Waals surface area contributed by atoms with Gasteiger partial charge in [-0.25, -0.2) is 4.79 Å². The van der Waals surface area contributed by atoms with E-state index >= 15 is 0 Å². The summed E-state index contributed by atoms with van der Waals surface area (Å²) in [4.78, 5) is 27.3. The van der Waals surface area contributed by atoms with Crippen molar-refractivity contribution in [2.45, 2.75) is 19.0 Å². The minimum Gasteiger partial charge on any atom is -0.370 e. The maximum Gasteiger partial charge on any atom is 0.418 e. The molecule has 4 rings (SSSR count). The SMILES string of the molecule is O=C(Nc1cc(NC(=O)c2ccccc2)ccc1N1CCCC1)Nc1ccccc1C(F)(F)F. The molecule has 0 radical (unpaired) electrons. The van der Waals surface area contributed by atoms with E-state index in [4.69, 9.17) is 0 Å². The minimum absolute atomic E-state index is 0.316. The number of nitrogens with one attached hydrogen (secondary N) is 3. The highest BCUT2D eigenvalue weighted by Crippen LogP contribution is 2.35. The van der Waals surface area contributed by atoms with E-state index in [0.717, 1.165) is 37.7 Å². The first-order valence-electron chi connectivity index (χ1n) is 10.8. The lowest BCUT2D eigenvalue weighted by Crippen LogP contribution is -2.25. The molecule has 0 unspecified atom stereocenters. The third kappa shape index (κ3) is 5.48. The van der Waals surface area contributed by atoms with Crippen molar-refractivity contribution in [2.24, 2.45) is 0 Å². The maximum atomic E-state index is 13.3. The number of carbonyl (C=O) groups excluding carboxylic acids is 2. The third-order valence-corrected chi connectivity index (χ3v) is 5.47. The molecule has 9 heteroatoms. The number of anilines is 4. The van der Waals surface area contributed by atoms with Crippen molar-refractivity contribution in [1.82, 2.24) is 0 Å². The normalized spacial score (nSPS) is 13.4. The number of hydrogen-bond acceptors (Lipinski definition) is 3. The second kappa shape index (κ2) is 9.86. The van der Waals surface area contributed by atoms with Gasteiger partial charge in [0.25, 0.3) is 5.91 Å². The number of hydrogen-bond donors (Lipinski definition) is 3.